The normalized spacial score (nSPS) is 12.2. The van der Waals surface area contributed by atoms with Crippen LogP contribution in [0.5, 0.6) is 0 Å². The smallest absolute Gasteiger partial charge is 0.337 e. The fourth-order valence-corrected chi connectivity index (χ4v) is 3.32. The van der Waals surface area contributed by atoms with Crippen LogP contribution in [-0.4, -0.2) is 46.1 Å². The molecule has 0 amide bonds. The third-order valence-corrected chi connectivity index (χ3v) is 4.82. The van der Waals surface area contributed by atoms with E-state index < -0.39 is 17.4 Å². The van der Waals surface area contributed by atoms with E-state index in [2.05, 4.69) is 25.9 Å². The van der Waals surface area contributed by atoms with Crippen LogP contribution >= 0.6 is 17.0 Å². The van der Waals surface area contributed by atoms with Crippen molar-refractivity contribution in [2.75, 3.05) is 25.7 Å². The Labute approximate surface area is 194 Å². The van der Waals surface area contributed by atoms with Gasteiger partial charge in [-0.25, -0.2) is 14.8 Å². The molecule has 0 aliphatic rings. The molecule has 0 saturated carbocycles. The van der Waals surface area contributed by atoms with Gasteiger partial charge < -0.3 is 20.9 Å². The number of benzene rings is 1. The Morgan fingerprint density at radius 2 is 1.78 bits per heavy atom. The number of rotatable bonds is 6. The molecule has 1 unspecified atom stereocenters. The van der Waals surface area contributed by atoms with Gasteiger partial charge in [0.15, 0.2) is 17.0 Å². The number of anilines is 2. The summed E-state index contributed by atoms with van der Waals surface area (Å²) < 4.78 is 9.80. The summed E-state index contributed by atoms with van der Waals surface area (Å²) in [5.74, 6) is 1.54. The minimum absolute atomic E-state index is 0. The SMILES string of the molecule is Br.C#CCC(Cc1cnc2nc(N)nc(N)c2n1)(C(=O)OC)c1ccc(C(=O)OC)cc1. The van der Waals surface area contributed by atoms with Crippen molar-refractivity contribution in [2.24, 2.45) is 0 Å². The summed E-state index contributed by atoms with van der Waals surface area (Å²) >= 11 is 0. The molecule has 0 radical (unpaired) electrons. The molecule has 10 nitrogen and oxygen atoms in total. The van der Waals surface area contributed by atoms with Gasteiger partial charge in [-0.15, -0.1) is 29.3 Å². The van der Waals surface area contributed by atoms with Crippen LogP contribution in [-0.2, 0) is 26.1 Å². The number of hydrogen-bond acceptors (Lipinski definition) is 10. The molecule has 0 aliphatic carbocycles. The monoisotopic (exact) mass is 500 g/mol. The second-order valence-electron chi connectivity index (χ2n) is 6.70. The number of methoxy groups -OCH3 is 2. The molecular weight excluding hydrogens is 480 g/mol. The molecule has 11 heteroatoms. The number of ether oxygens (including phenoxy) is 2. The first kappa shape index (κ1) is 24.5. The Bertz CT molecular complexity index is 1200. The number of carbonyl (C=O) groups excluding carboxylic acids is 2. The van der Waals surface area contributed by atoms with E-state index >= 15 is 0 Å². The summed E-state index contributed by atoms with van der Waals surface area (Å²) in [6.45, 7) is 0. The molecule has 1 aromatic carbocycles. The average Bonchev–Trinajstić information content (AvgIpc) is 2.78. The van der Waals surface area contributed by atoms with Crippen LogP contribution in [0.1, 0.15) is 28.0 Å². The topological polar surface area (TPSA) is 156 Å². The number of fused-ring (bicyclic) bond motifs is 1. The van der Waals surface area contributed by atoms with Crippen molar-refractivity contribution in [3.63, 3.8) is 0 Å². The first-order chi connectivity index (χ1) is 14.8. The molecule has 0 fully saturated rings. The van der Waals surface area contributed by atoms with Crippen molar-refractivity contribution in [2.45, 2.75) is 18.3 Å². The lowest BCUT2D eigenvalue weighted by atomic mass is 9.74. The van der Waals surface area contributed by atoms with E-state index in [9.17, 15) is 9.59 Å². The van der Waals surface area contributed by atoms with Gasteiger partial charge in [0, 0.05) is 12.8 Å². The lowest BCUT2D eigenvalue weighted by Gasteiger charge is -2.29. The first-order valence-corrected chi connectivity index (χ1v) is 9.10. The van der Waals surface area contributed by atoms with Crippen molar-refractivity contribution in [1.29, 1.82) is 0 Å². The van der Waals surface area contributed by atoms with E-state index in [1.165, 1.54) is 20.4 Å². The third-order valence-electron chi connectivity index (χ3n) is 4.82. The lowest BCUT2D eigenvalue weighted by molar-refractivity contribution is -0.147. The largest absolute Gasteiger partial charge is 0.468 e. The van der Waals surface area contributed by atoms with Crippen LogP contribution < -0.4 is 11.5 Å². The Kier molecular flexibility index (Phi) is 7.67. The van der Waals surface area contributed by atoms with Gasteiger partial charge in [0.1, 0.15) is 5.41 Å². The summed E-state index contributed by atoms with van der Waals surface area (Å²) in [4.78, 5) is 41.3. The van der Waals surface area contributed by atoms with Gasteiger partial charge in [-0.1, -0.05) is 12.1 Å². The molecule has 2 heterocycles. The number of terminal acetylenes is 1. The Hall–Kier alpha value is -3.78. The highest BCUT2D eigenvalue weighted by atomic mass is 79.9. The molecule has 3 rings (SSSR count). The van der Waals surface area contributed by atoms with Crippen LogP contribution in [0.3, 0.4) is 0 Å². The highest BCUT2D eigenvalue weighted by Crippen LogP contribution is 2.34. The third kappa shape index (κ3) is 4.60. The van der Waals surface area contributed by atoms with E-state index in [1.807, 2.05) is 0 Å². The standard InChI is InChI=1S/C21H20N6O4.BrH/c1-4-9-21(19(29)31-3,13-7-5-12(6-8-13)18(28)30-2)10-14-11-24-17-15(25-14)16(22)26-20(23)27-17;/h1,5-8,11H,9-10H2,2-3H3,(H4,22,23,24,26,27);1H. The molecule has 1 atom stereocenters. The Morgan fingerprint density at radius 3 is 2.38 bits per heavy atom. The van der Waals surface area contributed by atoms with Crippen molar-refractivity contribution >= 4 is 51.9 Å². The summed E-state index contributed by atoms with van der Waals surface area (Å²) in [5.41, 5.74) is 12.0. The van der Waals surface area contributed by atoms with Crippen molar-refractivity contribution in [3.05, 3.63) is 47.3 Å². The minimum atomic E-state index is -1.27. The van der Waals surface area contributed by atoms with Crippen molar-refractivity contribution < 1.29 is 19.1 Å². The fourth-order valence-electron chi connectivity index (χ4n) is 3.32. The summed E-state index contributed by atoms with van der Waals surface area (Å²) in [5, 5.41) is 0. The van der Waals surface area contributed by atoms with E-state index in [1.54, 1.807) is 24.3 Å². The zero-order chi connectivity index (χ0) is 22.6. The molecule has 0 spiro atoms. The summed E-state index contributed by atoms with van der Waals surface area (Å²) in [7, 11) is 2.56. The maximum Gasteiger partial charge on any atom is 0.337 e. The average molecular weight is 501 g/mol. The zero-order valence-electron chi connectivity index (χ0n) is 17.4. The van der Waals surface area contributed by atoms with E-state index in [0.29, 0.717) is 16.8 Å². The van der Waals surface area contributed by atoms with Gasteiger partial charge in [-0.2, -0.15) is 9.97 Å². The zero-order valence-corrected chi connectivity index (χ0v) is 19.1. The molecule has 3 aromatic rings. The number of nitrogens with zero attached hydrogens (tertiary/aromatic N) is 4. The molecule has 0 saturated heterocycles. The molecular formula is C21H21BrN6O4. The van der Waals surface area contributed by atoms with Crippen LogP contribution in [0.25, 0.3) is 11.2 Å². The van der Waals surface area contributed by atoms with Crippen LogP contribution in [0.2, 0.25) is 0 Å². The molecule has 166 valence electrons. The van der Waals surface area contributed by atoms with Gasteiger partial charge in [0.05, 0.1) is 31.7 Å². The number of esters is 2. The Balaban J connectivity index is 0.00000363. The summed E-state index contributed by atoms with van der Waals surface area (Å²) in [6, 6.07) is 6.37. The maximum atomic E-state index is 13.0. The lowest BCUT2D eigenvalue weighted by Crippen LogP contribution is -2.39. The fraction of sp³-hybridized carbons (Fsp3) is 0.238. The highest BCUT2D eigenvalue weighted by Gasteiger charge is 2.42. The quantitative estimate of drug-likeness (QED) is 0.376. The second-order valence-corrected chi connectivity index (χ2v) is 6.70. The van der Waals surface area contributed by atoms with E-state index in [0.717, 1.165) is 0 Å². The second kappa shape index (κ2) is 10.0. The number of nitrogens with two attached hydrogens (primary N) is 2. The van der Waals surface area contributed by atoms with Gasteiger partial charge in [-0.05, 0) is 17.7 Å². The number of nitrogen functional groups attached to an aromatic ring is 2. The highest BCUT2D eigenvalue weighted by molar-refractivity contribution is 8.93. The van der Waals surface area contributed by atoms with Gasteiger partial charge in [0.2, 0.25) is 5.95 Å². The van der Waals surface area contributed by atoms with Gasteiger partial charge >= 0.3 is 11.9 Å². The van der Waals surface area contributed by atoms with Gasteiger partial charge in [-0.3, -0.25) is 4.79 Å². The molecule has 32 heavy (non-hydrogen) atoms. The van der Waals surface area contributed by atoms with Crippen molar-refractivity contribution in [1.82, 2.24) is 19.9 Å². The number of halogens is 1. The number of aromatic nitrogens is 4. The predicted octanol–water partition coefficient (Wildman–Crippen LogP) is 1.63. The van der Waals surface area contributed by atoms with Crippen LogP contribution in [0.4, 0.5) is 11.8 Å². The molecule has 0 bridgehead atoms. The number of hydrogen-bond donors (Lipinski definition) is 2. The van der Waals surface area contributed by atoms with E-state index in [-0.39, 0.29) is 52.8 Å². The maximum absolute atomic E-state index is 13.0. The van der Waals surface area contributed by atoms with Crippen LogP contribution in [0, 0.1) is 12.3 Å². The Morgan fingerprint density at radius 1 is 1.09 bits per heavy atom. The predicted molar refractivity (Wildman–Crippen MR) is 123 cm³/mol. The molecule has 0 aliphatic heterocycles. The minimum Gasteiger partial charge on any atom is -0.468 e. The molecule has 4 N–H and O–H groups in total. The van der Waals surface area contributed by atoms with Gasteiger partial charge in [0.25, 0.3) is 0 Å². The van der Waals surface area contributed by atoms with E-state index in [4.69, 9.17) is 27.4 Å². The summed E-state index contributed by atoms with van der Waals surface area (Å²) in [6.07, 6.45) is 7.15. The van der Waals surface area contributed by atoms with Crippen LogP contribution in [0.15, 0.2) is 30.5 Å². The number of carbonyl (C=O) groups is 2. The molecule has 2 aromatic heterocycles. The van der Waals surface area contributed by atoms with Crippen molar-refractivity contribution in [3.8, 4) is 12.3 Å². The first-order valence-electron chi connectivity index (χ1n) is 9.10.